The maximum Gasteiger partial charge on any atom is 0.319 e. The van der Waals surface area contributed by atoms with Crippen molar-refractivity contribution in [2.45, 2.75) is 44.1 Å². The molecule has 1 aliphatic heterocycles. The highest BCUT2D eigenvalue weighted by Gasteiger charge is 2.34. The van der Waals surface area contributed by atoms with Gasteiger partial charge in [0.05, 0.1) is 25.5 Å². The molecule has 1 saturated carbocycles. The first-order chi connectivity index (χ1) is 9.33. The van der Waals surface area contributed by atoms with Crippen molar-refractivity contribution in [2.75, 3.05) is 20.8 Å². The summed E-state index contributed by atoms with van der Waals surface area (Å²) >= 11 is 0. The Kier molecular flexibility index (Phi) is 3.55. The summed E-state index contributed by atoms with van der Waals surface area (Å²) in [7, 11) is 3.27. The van der Waals surface area contributed by atoms with Gasteiger partial charge in [-0.2, -0.15) is 9.97 Å². The molecule has 0 aromatic carbocycles. The zero-order valence-corrected chi connectivity index (χ0v) is 11.6. The molecule has 0 amide bonds. The van der Waals surface area contributed by atoms with E-state index in [9.17, 15) is 0 Å². The molecule has 1 atom stereocenters. The lowest BCUT2D eigenvalue weighted by molar-refractivity contribution is 0.332. The van der Waals surface area contributed by atoms with Gasteiger partial charge in [0.25, 0.3) is 0 Å². The summed E-state index contributed by atoms with van der Waals surface area (Å²) in [5.41, 5.74) is 2.29. The molecule has 3 rings (SSSR count). The number of hydrogen-bond acceptors (Lipinski definition) is 5. The van der Waals surface area contributed by atoms with Crippen molar-refractivity contribution in [1.29, 1.82) is 0 Å². The van der Waals surface area contributed by atoms with Gasteiger partial charge in [0, 0.05) is 12.0 Å². The van der Waals surface area contributed by atoms with Crippen LogP contribution in [-0.2, 0) is 0 Å². The van der Waals surface area contributed by atoms with Crippen LogP contribution in [0.15, 0.2) is 0 Å². The van der Waals surface area contributed by atoms with Crippen LogP contribution in [0.1, 0.15) is 55.3 Å². The van der Waals surface area contributed by atoms with Gasteiger partial charge in [0.1, 0.15) is 0 Å². The third kappa shape index (κ3) is 2.52. The fraction of sp³-hybridized carbons (Fsp3) is 0.714. The largest absolute Gasteiger partial charge is 0.481 e. The van der Waals surface area contributed by atoms with Crippen molar-refractivity contribution >= 4 is 0 Å². The molecule has 2 heterocycles. The van der Waals surface area contributed by atoms with Gasteiger partial charge in [0.15, 0.2) is 0 Å². The average Bonchev–Trinajstić information content (AvgIpc) is 3.31. The van der Waals surface area contributed by atoms with Crippen molar-refractivity contribution in [3.05, 3.63) is 11.3 Å². The summed E-state index contributed by atoms with van der Waals surface area (Å²) in [4.78, 5) is 8.94. The summed E-state index contributed by atoms with van der Waals surface area (Å²) in [5.74, 6) is 1.23. The first kappa shape index (κ1) is 12.7. The van der Waals surface area contributed by atoms with Gasteiger partial charge < -0.3 is 14.8 Å². The van der Waals surface area contributed by atoms with E-state index in [0.29, 0.717) is 23.9 Å². The number of methoxy groups -OCH3 is 2. The van der Waals surface area contributed by atoms with Gasteiger partial charge in [-0.05, 0) is 32.2 Å². The summed E-state index contributed by atoms with van der Waals surface area (Å²) in [6.07, 6.45) is 6.05. The SMILES string of the molecule is COc1nc(OC)c(C2CCCCN2)c(C2CC2)n1. The lowest BCUT2D eigenvalue weighted by Crippen LogP contribution is -2.28. The summed E-state index contributed by atoms with van der Waals surface area (Å²) in [6.45, 7) is 1.06. The molecular weight excluding hydrogens is 242 g/mol. The molecule has 5 heteroatoms. The van der Waals surface area contributed by atoms with E-state index in [0.717, 1.165) is 24.2 Å². The highest BCUT2D eigenvalue weighted by Crippen LogP contribution is 2.45. The Morgan fingerprint density at radius 3 is 2.47 bits per heavy atom. The molecule has 1 aliphatic carbocycles. The molecule has 0 radical (unpaired) electrons. The fourth-order valence-electron chi connectivity index (χ4n) is 2.79. The number of rotatable bonds is 4. The molecule has 1 unspecified atom stereocenters. The van der Waals surface area contributed by atoms with Crippen LogP contribution in [0.4, 0.5) is 0 Å². The molecule has 1 aromatic rings. The van der Waals surface area contributed by atoms with Crippen LogP contribution in [0.25, 0.3) is 0 Å². The third-order valence-electron chi connectivity index (χ3n) is 3.92. The number of piperidine rings is 1. The van der Waals surface area contributed by atoms with Gasteiger partial charge >= 0.3 is 6.01 Å². The number of ether oxygens (including phenoxy) is 2. The second kappa shape index (κ2) is 5.33. The van der Waals surface area contributed by atoms with Crippen molar-refractivity contribution in [1.82, 2.24) is 15.3 Å². The Morgan fingerprint density at radius 2 is 1.89 bits per heavy atom. The first-order valence-electron chi connectivity index (χ1n) is 7.06. The Labute approximate surface area is 113 Å². The molecule has 19 heavy (non-hydrogen) atoms. The maximum absolute atomic E-state index is 5.49. The van der Waals surface area contributed by atoms with Crippen LogP contribution in [0, 0.1) is 0 Å². The van der Waals surface area contributed by atoms with E-state index in [1.54, 1.807) is 14.2 Å². The van der Waals surface area contributed by atoms with Gasteiger partial charge in [-0.3, -0.25) is 0 Å². The predicted molar refractivity (Wildman–Crippen MR) is 71.7 cm³/mol. The molecule has 0 spiro atoms. The average molecular weight is 263 g/mol. The molecular formula is C14H21N3O2. The Bertz CT molecular complexity index is 454. The van der Waals surface area contributed by atoms with Gasteiger partial charge in [-0.25, -0.2) is 0 Å². The summed E-state index contributed by atoms with van der Waals surface area (Å²) in [6, 6.07) is 0.739. The smallest absolute Gasteiger partial charge is 0.319 e. The normalized spacial score (nSPS) is 23.2. The fourth-order valence-corrected chi connectivity index (χ4v) is 2.79. The van der Waals surface area contributed by atoms with Crippen LogP contribution in [-0.4, -0.2) is 30.7 Å². The van der Waals surface area contributed by atoms with E-state index in [4.69, 9.17) is 9.47 Å². The number of nitrogens with zero attached hydrogens (tertiary/aromatic N) is 2. The standard InChI is InChI=1S/C14H21N3O2/c1-18-13-11(10-5-3-4-8-15-10)12(9-6-7-9)16-14(17-13)19-2/h9-10,15H,3-8H2,1-2H3. The van der Waals surface area contributed by atoms with Gasteiger partial charge in [-0.15, -0.1) is 0 Å². The Balaban J connectivity index is 2.03. The van der Waals surface area contributed by atoms with Crippen molar-refractivity contribution in [2.24, 2.45) is 0 Å². The van der Waals surface area contributed by atoms with Crippen LogP contribution in [0.3, 0.4) is 0 Å². The van der Waals surface area contributed by atoms with Crippen molar-refractivity contribution in [3.8, 4) is 11.9 Å². The van der Waals surface area contributed by atoms with Crippen LogP contribution >= 0.6 is 0 Å². The zero-order chi connectivity index (χ0) is 13.2. The lowest BCUT2D eigenvalue weighted by atomic mass is 9.95. The minimum Gasteiger partial charge on any atom is -0.481 e. The van der Waals surface area contributed by atoms with Crippen molar-refractivity contribution in [3.63, 3.8) is 0 Å². The summed E-state index contributed by atoms with van der Waals surface area (Å²) in [5, 5.41) is 3.57. The zero-order valence-electron chi connectivity index (χ0n) is 11.6. The molecule has 1 saturated heterocycles. The van der Waals surface area contributed by atoms with Crippen LogP contribution in [0.5, 0.6) is 11.9 Å². The number of nitrogens with one attached hydrogen (secondary N) is 1. The molecule has 1 aromatic heterocycles. The van der Waals surface area contributed by atoms with Crippen LogP contribution < -0.4 is 14.8 Å². The Hall–Kier alpha value is -1.36. The van der Waals surface area contributed by atoms with E-state index in [2.05, 4.69) is 15.3 Å². The maximum atomic E-state index is 5.49. The highest BCUT2D eigenvalue weighted by atomic mass is 16.5. The van der Waals surface area contributed by atoms with E-state index < -0.39 is 0 Å². The van der Waals surface area contributed by atoms with E-state index >= 15 is 0 Å². The second-order valence-electron chi connectivity index (χ2n) is 5.30. The summed E-state index contributed by atoms with van der Waals surface area (Å²) < 4.78 is 10.7. The quantitative estimate of drug-likeness (QED) is 0.902. The van der Waals surface area contributed by atoms with E-state index in [-0.39, 0.29) is 0 Å². The minimum absolute atomic E-state index is 0.324. The minimum atomic E-state index is 0.324. The molecule has 2 fully saturated rings. The van der Waals surface area contributed by atoms with E-state index in [1.807, 2.05) is 0 Å². The lowest BCUT2D eigenvalue weighted by Gasteiger charge is -2.26. The molecule has 2 aliphatic rings. The Morgan fingerprint density at radius 1 is 1.05 bits per heavy atom. The molecule has 5 nitrogen and oxygen atoms in total. The van der Waals surface area contributed by atoms with Crippen LogP contribution in [0.2, 0.25) is 0 Å². The predicted octanol–water partition coefficient (Wildman–Crippen LogP) is 2.19. The first-order valence-corrected chi connectivity index (χ1v) is 7.06. The number of hydrogen-bond donors (Lipinski definition) is 1. The van der Waals surface area contributed by atoms with Gasteiger partial charge in [-0.1, -0.05) is 6.42 Å². The third-order valence-corrected chi connectivity index (χ3v) is 3.92. The molecule has 1 N–H and O–H groups in total. The second-order valence-corrected chi connectivity index (χ2v) is 5.30. The van der Waals surface area contributed by atoms with E-state index in [1.165, 1.54) is 25.7 Å². The molecule has 104 valence electrons. The monoisotopic (exact) mass is 263 g/mol. The van der Waals surface area contributed by atoms with Crippen molar-refractivity contribution < 1.29 is 9.47 Å². The molecule has 0 bridgehead atoms. The van der Waals surface area contributed by atoms with Gasteiger partial charge in [0.2, 0.25) is 5.88 Å². The topological polar surface area (TPSA) is 56.3 Å². The number of aromatic nitrogens is 2. The highest BCUT2D eigenvalue weighted by molar-refractivity contribution is 5.39.